The molecule has 4 aliphatic carbocycles. The fourth-order valence-electron chi connectivity index (χ4n) is 6.44. The number of hydrogen-bond donors (Lipinski definition) is 2. The van der Waals surface area contributed by atoms with Gasteiger partial charge in [-0.1, -0.05) is 0 Å². The monoisotopic (exact) mass is 373 g/mol. The molecule has 6 heteroatoms. The first-order valence-corrected chi connectivity index (χ1v) is 10.1. The molecule has 4 bridgehead atoms. The summed E-state index contributed by atoms with van der Waals surface area (Å²) in [6, 6.07) is 3.85. The summed E-state index contributed by atoms with van der Waals surface area (Å²) in [4.78, 5) is 27.2. The van der Waals surface area contributed by atoms with Crippen molar-refractivity contribution in [3.63, 3.8) is 0 Å². The van der Waals surface area contributed by atoms with Gasteiger partial charge in [-0.2, -0.15) is 0 Å². The zero-order valence-electron chi connectivity index (χ0n) is 16.6. The van der Waals surface area contributed by atoms with E-state index < -0.39 is 0 Å². The highest BCUT2D eigenvalue weighted by atomic mass is 16.3. The standard InChI is InChI=1S/C21H31N3O3/c1-14(25)23-21-10-15-7-16(11-21)9-20(8-15,13-21)19(26)22-12-17(24(2)3)18-5-4-6-27-18/h4-6,15-17H,7-13H2,1-3H3,(H,22,26)(H,23,25)/t15-,16+,17-,20?,21?/m1/s1. The lowest BCUT2D eigenvalue weighted by Crippen LogP contribution is -2.65. The number of hydrogen-bond acceptors (Lipinski definition) is 4. The van der Waals surface area contributed by atoms with E-state index in [0.29, 0.717) is 18.4 Å². The van der Waals surface area contributed by atoms with Crippen LogP contribution in [0.2, 0.25) is 0 Å². The molecule has 1 aromatic rings. The average Bonchev–Trinajstić information content (AvgIpc) is 3.06. The summed E-state index contributed by atoms with van der Waals surface area (Å²) in [5.74, 6) is 2.15. The molecule has 0 aromatic carbocycles. The molecule has 6 nitrogen and oxygen atoms in total. The highest BCUT2D eigenvalue weighted by Crippen LogP contribution is 2.61. The Bertz CT molecular complexity index is 698. The van der Waals surface area contributed by atoms with Gasteiger partial charge in [-0.05, 0) is 76.6 Å². The van der Waals surface area contributed by atoms with E-state index in [2.05, 4.69) is 15.5 Å². The van der Waals surface area contributed by atoms with Crippen LogP contribution >= 0.6 is 0 Å². The summed E-state index contributed by atoms with van der Waals surface area (Å²) in [6.45, 7) is 2.12. The van der Waals surface area contributed by atoms with Gasteiger partial charge in [-0.3, -0.25) is 14.5 Å². The normalized spacial score (nSPS) is 35.3. The first-order valence-electron chi connectivity index (χ1n) is 10.1. The Hall–Kier alpha value is -1.82. The molecule has 0 spiro atoms. The minimum atomic E-state index is -0.327. The highest BCUT2D eigenvalue weighted by molar-refractivity contribution is 5.84. The maximum absolute atomic E-state index is 13.3. The topological polar surface area (TPSA) is 74.6 Å². The molecule has 2 amide bonds. The van der Waals surface area contributed by atoms with Crippen LogP contribution in [0.25, 0.3) is 0 Å². The predicted molar refractivity (Wildman–Crippen MR) is 102 cm³/mol. The first kappa shape index (κ1) is 18.5. The molecule has 27 heavy (non-hydrogen) atoms. The average molecular weight is 373 g/mol. The van der Waals surface area contributed by atoms with E-state index in [9.17, 15) is 9.59 Å². The van der Waals surface area contributed by atoms with E-state index in [1.54, 1.807) is 13.2 Å². The Morgan fingerprint density at radius 2 is 1.96 bits per heavy atom. The third kappa shape index (κ3) is 3.40. The molecule has 4 fully saturated rings. The number of nitrogens with zero attached hydrogens (tertiary/aromatic N) is 1. The molecule has 4 saturated carbocycles. The van der Waals surface area contributed by atoms with Crippen LogP contribution in [-0.4, -0.2) is 42.9 Å². The number of furan rings is 1. The SMILES string of the molecule is CC(=O)NC12C[C@H]3C[C@@H](C1)CC(C(=O)NC[C@H](c1ccco1)N(C)C)(C3)C2. The quantitative estimate of drug-likeness (QED) is 0.803. The van der Waals surface area contributed by atoms with Crippen LogP contribution in [0.1, 0.15) is 57.3 Å². The lowest BCUT2D eigenvalue weighted by atomic mass is 9.46. The van der Waals surface area contributed by atoms with Gasteiger partial charge in [0.05, 0.1) is 17.7 Å². The molecule has 5 atom stereocenters. The fourth-order valence-corrected chi connectivity index (χ4v) is 6.44. The first-order chi connectivity index (χ1) is 12.8. The van der Waals surface area contributed by atoms with E-state index in [1.807, 2.05) is 26.2 Å². The minimum absolute atomic E-state index is 0.0159. The molecule has 148 valence electrons. The van der Waals surface area contributed by atoms with Crippen LogP contribution in [0.5, 0.6) is 0 Å². The zero-order valence-corrected chi connectivity index (χ0v) is 16.6. The van der Waals surface area contributed by atoms with Crippen molar-refractivity contribution in [3.8, 4) is 0 Å². The lowest BCUT2D eigenvalue weighted by Gasteiger charge is -2.61. The van der Waals surface area contributed by atoms with Crippen LogP contribution in [0.4, 0.5) is 0 Å². The van der Waals surface area contributed by atoms with Crippen LogP contribution < -0.4 is 10.6 Å². The Morgan fingerprint density at radius 3 is 2.52 bits per heavy atom. The Labute approximate surface area is 161 Å². The molecular formula is C21H31N3O3. The number of carbonyl (C=O) groups excluding carboxylic acids is 2. The van der Waals surface area contributed by atoms with Crippen molar-refractivity contribution in [1.29, 1.82) is 0 Å². The number of amides is 2. The number of nitrogens with one attached hydrogen (secondary N) is 2. The Kier molecular flexibility index (Phi) is 4.57. The predicted octanol–water partition coefficient (Wildman–Crippen LogP) is 2.47. The largest absolute Gasteiger partial charge is 0.468 e. The van der Waals surface area contributed by atoms with E-state index >= 15 is 0 Å². The highest BCUT2D eigenvalue weighted by Gasteiger charge is 2.60. The van der Waals surface area contributed by atoms with E-state index in [4.69, 9.17) is 4.42 Å². The molecule has 4 aliphatic rings. The molecule has 1 heterocycles. The Morgan fingerprint density at radius 1 is 1.26 bits per heavy atom. The van der Waals surface area contributed by atoms with E-state index in [0.717, 1.165) is 37.9 Å². The summed E-state index contributed by atoms with van der Waals surface area (Å²) in [6.07, 6.45) is 7.66. The maximum Gasteiger partial charge on any atom is 0.226 e. The second-order valence-corrected chi connectivity index (χ2v) is 9.41. The van der Waals surface area contributed by atoms with Gasteiger partial charge in [0.15, 0.2) is 0 Å². The van der Waals surface area contributed by atoms with Gasteiger partial charge >= 0.3 is 0 Å². The van der Waals surface area contributed by atoms with E-state index in [1.165, 1.54) is 6.42 Å². The van der Waals surface area contributed by atoms with Crippen LogP contribution in [-0.2, 0) is 9.59 Å². The van der Waals surface area contributed by atoms with Crippen molar-refractivity contribution >= 4 is 11.8 Å². The molecule has 1 aromatic heterocycles. The van der Waals surface area contributed by atoms with Crippen LogP contribution in [0, 0.1) is 17.3 Å². The number of carbonyl (C=O) groups is 2. The number of likely N-dealkylation sites (N-methyl/N-ethyl adjacent to an activating group) is 1. The van der Waals surface area contributed by atoms with Gasteiger partial charge < -0.3 is 15.1 Å². The van der Waals surface area contributed by atoms with Crippen molar-refractivity contribution in [1.82, 2.24) is 15.5 Å². The van der Waals surface area contributed by atoms with Gasteiger partial charge in [-0.15, -0.1) is 0 Å². The molecule has 5 rings (SSSR count). The van der Waals surface area contributed by atoms with Crippen molar-refractivity contribution in [3.05, 3.63) is 24.2 Å². The lowest BCUT2D eigenvalue weighted by molar-refractivity contribution is -0.153. The Balaban J connectivity index is 1.49. The van der Waals surface area contributed by atoms with Crippen molar-refractivity contribution in [2.45, 2.75) is 57.0 Å². The summed E-state index contributed by atoms with van der Waals surface area (Å²) >= 11 is 0. The van der Waals surface area contributed by atoms with Crippen LogP contribution in [0.3, 0.4) is 0 Å². The molecule has 0 saturated heterocycles. The smallest absolute Gasteiger partial charge is 0.226 e. The summed E-state index contributed by atoms with van der Waals surface area (Å²) in [5, 5.41) is 6.46. The molecule has 0 aliphatic heterocycles. The maximum atomic E-state index is 13.3. The summed E-state index contributed by atoms with van der Waals surface area (Å²) < 4.78 is 5.56. The second kappa shape index (κ2) is 6.66. The summed E-state index contributed by atoms with van der Waals surface area (Å²) in [5.41, 5.74) is -0.498. The van der Waals surface area contributed by atoms with E-state index in [-0.39, 0.29) is 28.8 Å². The van der Waals surface area contributed by atoms with Gasteiger partial charge in [0, 0.05) is 19.0 Å². The van der Waals surface area contributed by atoms with Crippen molar-refractivity contribution in [2.75, 3.05) is 20.6 Å². The van der Waals surface area contributed by atoms with Crippen molar-refractivity contribution in [2.24, 2.45) is 17.3 Å². The van der Waals surface area contributed by atoms with Gasteiger partial charge in [0.25, 0.3) is 0 Å². The fraction of sp³-hybridized carbons (Fsp3) is 0.714. The van der Waals surface area contributed by atoms with Gasteiger partial charge in [-0.25, -0.2) is 0 Å². The molecule has 2 unspecified atom stereocenters. The van der Waals surface area contributed by atoms with Gasteiger partial charge in [0.1, 0.15) is 5.76 Å². The molecule has 0 radical (unpaired) electrons. The molecular weight excluding hydrogens is 342 g/mol. The zero-order chi connectivity index (χ0) is 19.2. The van der Waals surface area contributed by atoms with Crippen molar-refractivity contribution < 1.29 is 14.0 Å². The number of rotatable bonds is 6. The summed E-state index contributed by atoms with van der Waals surface area (Å²) in [7, 11) is 3.99. The third-order valence-corrected chi connectivity index (χ3v) is 6.93. The third-order valence-electron chi connectivity index (χ3n) is 6.93. The van der Waals surface area contributed by atoms with Crippen LogP contribution in [0.15, 0.2) is 22.8 Å². The van der Waals surface area contributed by atoms with Gasteiger partial charge in [0.2, 0.25) is 11.8 Å². The minimum Gasteiger partial charge on any atom is -0.468 e. The molecule has 2 N–H and O–H groups in total. The second-order valence-electron chi connectivity index (χ2n) is 9.41.